The fraction of sp³-hybridized carbons (Fsp3) is 0.926. The van der Waals surface area contributed by atoms with Gasteiger partial charge in [-0.1, -0.05) is 53.4 Å². The summed E-state index contributed by atoms with van der Waals surface area (Å²) < 4.78 is 37.8. The zero-order chi connectivity index (χ0) is 27.9. The summed E-state index contributed by atoms with van der Waals surface area (Å²) in [5.41, 5.74) is 0. The molecule has 4 fully saturated rings. The molecule has 0 aromatic carbocycles. The van der Waals surface area contributed by atoms with Crippen molar-refractivity contribution in [2.75, 3.05) is 39.3 Å². The molecule has 4 rings (SSSR count). The lowest BCUT2D eigenvalue weighted by Crippen LogP contribution is -2.50. The van der Waals surface area contributed by atoms with Gasteiger partial charge < -0.3 is 18.8 Å². The number of hydrogen-bond acceptors (Lipinski definition) is 6. The van der Waals surface area contributed by atoms with E-state index in [0.29, 0.717) is 24.1 Å². The highest BCUT2D eigenvalue weighted by molar-refractivity contribution is 7.80. The summed E-state index contributed by atoms with van der Waals surface area (Å²) in [5.74, 6) is -0.0927. The second kappa shape index (κ2) is 13.8. The lowest BCUT2D eigenvalue weighted by Gasteiger charge is -2.39. The molecule has 3 saturated heterocycles. The van der Waals surface area contributed by atoms with Gasteiger partial charge in [-0.3, -0.25) is 4.79 Å². The zero-order valence-electron chi connectivity index (χ0n) is 24.0. The average Bonchev–Trinajstić information content (AvgIpc) is 3.64. The van der Waals surface area contributed by atoms with Crippen molar-refractivity contribution >= 4 is 22.3 Å². The van der Waals surface area contributed by atoms with Crippen molar-refractivity contribution in [2.45, 2.75) is 116 Å². The predicted octanol–water partition coefficient (Wildman–Crippen LogP) is 3.88. The van der Waals surface area contributed by atoms with Crippen LogP contribution in [0.1, 0.15) is 98.3 Å². The summed E-state index contributed by atoms with van der Waals surface area (Å²) in [6.07, 6.45) is 13.5. The van der Waals surface area contributed by atoms with Gasteiger partial charge in [-0.25, -0.2) is 13.2 Å². The molecule has 0 radical (unpaired) electrons. The van der Waals surface area contributed by atoms with E-state index in [1.807, 2.05) is 4.90 Å². The third kappa shape index (κ3) is 7.82. The molecule has 0 N–H and O–H groups in total. The van der Waals surface area contributed by atoms with Crippen molar-refractivity contribution in [3.05, 3.63) is 0 Å². The predicted molar refractivity (Wildman–Crippen MR) is 145 cm³/mol. The number of urea groups is 1. The quantitative estimate of drug-likeness (QED) is 0.171. The molecular weight excluding hydrogens is 508 g/mol. The second-order valence-electron chi connectivity index (χ2n) is 11.7. The van der Waals surface area contributed by atoms with Crippen molar-refractivity contribution in [3.63, 3.8) is 0 Å². The van der Waals surface area contributed by atoms with E-state index in [4.69, 9.17) is 0 Å². The lowest BCUT2D eigenvalue weighted by atomic mass is 9.91. The monoisotopic (exact) mass is 558 g/mol. The number of hydrogen-bond donors (Lipinski definition) is 0. The fourth-order valence-corrected chi connectivity index (χ4v) is 6.75. The van der Waals surface area contributed by atoms with E-state index in [-0.39, 0.29) is 18.4 Å². The molecule has 11 heteroatoms. The largest absolute Gasteiger partial charge is 0.724 e. The highest BCUT2D eigenvalue weighted by atomic mass is 32.3. The van der Waals surface area contributed by atoms with Gasteiger partial charge in [-0.05, 0) is 44.9 Å². The van der Waals surface area contributed by atoms with Gasteiger partial charge in [0.1, 0.15) is 6.04 Å². The first-order valence-electron chi connectivity index (χ1n) is 15.0. The van der Waals surface area contributed by atoms with Crippen LogP contribution in [0.3, 0.4) is 0 Å². The van der Waals surface area contributed by atoms with Crippen LogP contribution in [0.25, 0.3) is 0 Å². The first-order valence-corrected chi connectivity index (χ1v) is 16.3. The second-order valence-corrected chi connectivity index (χ2v) is 12.7. The Hall–Kier alpha value is -1.43. The molecule has 1 saturated carbocycles. The van der Waals surface area contributed by atoms with E-state index < -0.39 is 28.5 Å². The smallest absolute Gasteiger partial charge is 0.346 e. The van der Waals surface area contributed by atoms with Crippen molar-refractivity contribution in [3.8, 4) is 0 Å². The van der Waals surface area contributed by atoms with Gasteiger partial charge in [-0.2, -0.15) is 9.35 Å². The average molecular weight is 559 g/mol. The van der Waals surface area contributed by atoms with Crippen LogP contribution < -0.4 is 0 Å². The number of rotatable bonds is 15. The molecule has 38 heavy (non-hydrogen) atoms. The molecule has 3 heterocycles. The highest BCUT2D eigenvalue weighted by Gasteiger charge is 2.58. The Labute approximate surface area is 230 Å². The summed E-state index contributed by atoms with van der Waals surface area (Å²) >= 11 is 0. The third-order valence-corrected chi connectivity index (χ3v) is 8.94. The molecule has 4 aliphatic rings. The molecule has 1 aliphatic carbocycles. The first kappa shape index (κ1) is 31.1. The number of hydroxylamine groups is 2. The van der Waals surface area contributed by atoms with E-state index >= 15 is 0 Å². The number of amides is 3. The van der Waals surface area contributed by atoms with Crippen LogP contribution in [0.2, 0.25) is 0 Å². The van der Waals surface area contributed by atoms with Gasteiger partial charge in [0.25, 0.3) is 0 Å². The lowest BCUT2D eigenvalue weighted by molar-refractivity contribution is -0.929. The Morgan fingerprint density at radius 3 is 1.74 bits per heavy atom. The maximum absolute atomic E-state index is 12.4. The topological polar surface area (TPSA) is 110 Å². The van der Waals surface area contributed by atoms with Gasteiger partial charge in [0, 0.05) is 25.0 Å². The molecule has 0 unspecified atom stereocenters. The first-order chi connectivity index (χ1) is 18.1. The van der Waals surface area contributed by atoms with Crippen LogP contribution in [0.15, 0.2) is 0 Å². The van der Waals surface area contributed by atoms with Crippen LogP contribution in [-0.2, 0) is 19.5 Å². The van der Waals surface area contributed by atoms with Gasteiger partial charge in [0.2, 0.25) is 16.3 Å². The van der Waals surface area contributed by atoms with Gasteiger partial charge in [0.05, 0.1) is 32.2 Å². The molecule has 2 bridgehead atoms. The van der Waals surface area contributed by atoms with Crippen molar-refractivity contribution in [2.24, 2.45) is 5.92 Å². The fourth-order valence-electron chi connectivity index (χ4n) is 6.37. The van der Waals surface area contributed by atoms with Gasteiger partial charge >= 0.3 is 6.03 Å². The molecule has 0 spiro atoms. The molecule has 10 nitrogen and oxygen atoms in total. The van der Waals surface area contributed by atoms with Crippen LogP contribution in [-0.4, -0.2) is 102 Å². The van der Waals surface area contributed by atoms with E-state index in [1.54, 1.807) is 0 Å². The maximum Gasteiger partial charge on any atom is 0.346 e. The summed E-state index contributed by atoms with van der Waals surface area (Å²) in [6.45, 7) is 15.8. The highest BCUT2D eigenvalue weighted by Crippen LogP contribution is 2.42. The Kier molecular flexibility index (Phi) is 11.3. The number of carbonyl (C=O) groups is 2. The zero-order valence-corrected chi connectivity index (χ0v) is 24.8. The third-order valence-electron chi connectivity index (χ3n) is 8.60. The molecule has 3 atom stereocenters. The number of piperidine rings is 1. The number of nitrogens with zero attached hydrogens (tertiary/aromatic N) is 4. The summed E-state index contributed by atoms with van der Waals surface area (Å²) in [4.78, 5) is 27.8. The van der Waals surface area contributed by atoms with Crippen molar-refractivity contribution in [1.82, 2.24) is 14.9 Å². The minimum Gasteiger partial charge on any atom is -0.724 e. The van der Waals surface area contributed by atoms with E-state index in [9.17, 15) is 22.6 Å². The summed E-state index contributed by atoms with van der Waals surface area (Å²) in [7, 11) is -5.00. The minimum absolute atomic E-state index is 0.0243. The van der Waals surface area contributed by atoms with Crippen LogP contribution >= 0.6 is 0 Å². The van der Waals surface area contributed by atoms with Crippen LogP contribution in [0, 0.1) is 5.92 Å². The van der Waals surface area contributed by atoms with Crippen molar-refractivity contribution < 1.29 is 31.3 Å². The maximum atomic E-state index is 12.4. The number of unbranched alkanes of at least 4 members (excludes halogenated alkanes) is 4. The number of likely N-dealkylation sites (tertiary alicyclic amines) is 1. The number of fused-ring (bicyclic) bond motifs is 4. The minimum atomic E-state index is -5.00. The Morgan fingerprint density at radius 2 is 1.32 bits per heavy atom. The van der Waals surface area contributed by atoms with Crippen LogP contribution in [0.5, 0.6) is 0 Å². The van der Waals surface area contributed by atoms with E-state index in [1.165, 1.54) is 86.9 Å². The SMILES string of the molecule is CCCC[N+](CCCC)(CCCC)CCCC.O=C1[C@@H]2[C@@H](C[C@@H]3CN2C(=O)N3OS(=O)(=O)[O-])CN1C1CC1. The molecule has 0 aromatic heterocycles. The molecule has 0 aromatic rings. The summed E-state index contributed by atoms with van der Waals surface area (Å²) in [6, 6.07) is -1.45. The van der Waals surface area contributed by atoms with Crippen LogP contribution in [0.4, 0.5) is 4.79 Å². The Morgan fingerprint density at radius 1 is 0.816 bits per heavy atom. The Balaban J connectivity index is 0.000000217. The van der Waals surface area contributed by atoms with Gasteiger partial charge in [-0.15, -0.1) is 0 Å². The Bertz CT molecular complexity index is 858. The molecular formula is C27H50N4O6S. The standard InChI is InChI=1S/C16H36N.C11H15N3O6S/c1-5-9-13-17(14-10-6-2,15-11-7-3)16-12-8-4;15-10-9-6(4-12(10)7-1-2-7)3-8-5-13(9)11(16)14(8)20-21(17,18)19/h5-16H2,1-4H3;6-9H,1-5H2,(H,17,18,19)/q+1;/p-1/t;6-,8+,9-/m.0/s1. The molecule has 3 aliphatic heterocycles. The van der Waals surface area contributed by atoms with E-state index in [2.05, 4.69) is 32.0 Å². The normalized spacial score (nSPS) is 25.1. The molecule has 220 valence electrons. The molecule has 3 amide bonds. The number of quaternary nitrogens is 1. The number of carbonyl (C=O) groups excluding carboxylic acids is 2. The van der Waals surface area contributed by atoms with E-state index in [0.717, 1.165) is 12.8 Å². The van der Waals surface area contributed by atoms with Crippen molar-refractivity contribution in [1.29, 1.82) is 0 Å². The van der Waals surface area contributed by atoms with Gasteiger partial charge in [0.15, 0.2) is 0 Å². The summed E-state index contributed by atoms with van der Waals surface area (Å²) in [5, 5.41) is 0.620.